The van der Waals surface area contributed by atoms with Crippen LogP contribution in [0.3, 0.4) is 0 Å². The Hall–Kier alpha value is -3.04. The van der Waals surface area contributed by atoms with E-state index in [4.69, 9.17) is 33.1 Å². The van der Waals surface area contributed by atoms with Gasteiger partial charge in [-0.2, -0.15) is 18.3 Å². The first-order valence-corrected chi connectivity index (χ1v) is 9.10. The first-order valence-electron chi connectivity index (χ1n) is 8.34. The van der Waals surface area contributed by atoms with Gasteiger partial charge >= 0.3 is 12.1 Å². The molecule has 0 fully saturated rings. The predicted octanol–water partition coefficient (Wildman–Crippen LogP) is 5.41. The number of hydrogen-bond acceptors (Lipinski definition) is 3. The van der Waals surface area contributed by atoms with Gasteiger partial charge in [-0.05, 0) is 29.8 Å². The first kappa shape index (κ1) is 21.7. The number of aromatic amines is 1. The lowest BCUT2D eigenvalue weighted by Crippen LogP contribution is -2.21. The Morgan fingerprint density at radius 3 is 2.47 bits per heavy atom. The number of aliphatic carboxylic acids is 1. The first-order chi connectivity index (χ1) is 14.2. The lowest BCUT2D eigenvalue weighted by Gasteiger charge is -2.06. The van der Waals surface area contributed by atoms with Crippen LogP contribution >= 0.6 is 23.2 Å². The zero-order chi connectivity index (χ0) is 21.9. The summed E-state index contributed by atoms with van der Waals surface area (Å²) in [5, 5.41) is 13.9. The van der Waals surface area contributed by atoms with Crippen molar-refractivity contribution in [3.8, 4) is 11.1 Å². The number of rotatable bonds is 3. The van der Waals surface area contributed by atoms with Gasteiger partial charge in [-0.3, -0.25) is 4.68 Å². The van der Waals surface area contributed by atoms with Crippen LogP contribution in [0.5, 0.6) is 0 Å². The highest BCUT2D eigenvalue weighted by molar-refractivity contribution is 6.35. The molecule has 4 rings (SSSR count). The number of hydrogen-bond donors (Lipinski definition) is 2. The lowest BCUT2D eigenvalue weighted by atomic mass is 10.1. The maximum Gasteiger partial charge on any atom is 0.490 e. The molecule has 4 aromatic rings. The van der Waals surface area contributed by atoms with E-state index in [0.29, 0.717) is 16.6 Å². The van der Waals surface area contributed by atoms with Gasteiger partial charge in [0.25, 0.3) is 0 Å². The van der Waals surface area contributed by atoms with Crippen LogP contribution in [-0.2, 0) is 11.3 Å². The Morgan fingerprint density at radius 1 is 1.17 bits per heavy atom. The minimum Gasteiger partial charge on any atom is -0.475 e. The summed E-state index contributed by atoms with van der Waals surface area (Å²) in [4.78, 5) is 16.3. The van der Waals surface area contributed by atoms with E-state index < -0.39 is 12.1 Å². The molecule has 0 radical (unpaired) electrons. The van der Waals surface area contributed by atoms with Gasteiger partial charge in [-0.1, -0.05) is 29.3 Å². The average molecular weight is 457 g/mol. The fourth-order valence-electron chi connectivity index (χ4n) is 2.65. The maximum atomic E-state index is 10.6. The number of alkyl halides is 3. The van der Waals surface area contributed by atoms with E-state index in [-0.39, 0.29) is 0 Å². The molecule has 156 valence electrons. The molecule has 3 aromatic heterocycles. The van der Waals surface area contributed by atoms with Crippen molar-refractivity contribution in [2.45, 2.75) is 12.7 Å². The highest BCUT2D eigenvalue weighted by atomic mass is 35.5. The smallest absolute Gasteiger partial charge is 0.475 e. The van der Waals surface area contributed by atoms with E-state index in [2.05, 4.69) is 15.1 Å². The minimum absolute atomic E-state index is 0.528. The van der Waals surface area contributed by atoms with Crippen molar-refractivity contribution in [2.75, 3.05) is 0 Å². The zero-order valence-corrected chi connectivity index (χ0v) is 16.5. The zero-order valence-electron chi connectivity index (χ0n) is 15.0. The van der Waals surface area contributed by atoms with Crippen molar-refractivity contribution in [2.24, 2.45) is 0 Å². The normalized spacial score (nSPS) is 11.2. The fourth-order valence-corrected chi connectivity index (χ4v) is 3.16. The molecule has 0 unspecified atom stereocenters. The largest absolute Gasteiger partial charge is 0.490 e. The van der Waals surface area contributed by atoms with E-state index in [1.165, 1.54) is 0 Å². The molecule has 0 amide bonds. The molecule has 1 aromatic carbocycles. The number of aromatic nitrogens is 4. The van der Waals surface area contributed by atoms with Gasteiger partial charge in [-0.15, -0.1) is 0 Å². The summed E-state index contributed by atoms with van der Waals surface area (Å²) in [5.74, 6) is -2.76. The van der Waals surface area contributed by atoms with Crippen molar-refractivity contribution in [3.05, 3.63) is 70.7 Å². The van der Waals surface area contributed by atoms with Crippen LogP contribution in [0, 0.1) is 0 Å². The van der Waals surface area contributed by atoms with Crippen LogP contribution in [0.4, 0.5) is 13.2 Å². The van der Waals surface area contributed by atoms with Gasteiger partial charge in [0.15, 0.2) is 0 Å². The molecule has 6 nitrogen and oxygen atoms in total. The van der Waals surface area contributed by atoms with E-state index in [1.54, 1.807) is 6.20 Å². The summed E-state index contributed by atoms with van der Waals surface area (Å²) in [6.45, 7) is 0.528. The molecule has 3 heterocycles. The Bertz CT molecular complexity index is 1170. The predicted molar refractivity (Wildman–Crippen MR) is 107 cm³/mol. The number of benzene rings is 1. The highest BCUT2D eigenvalue weighted by Crippen LogP contribution is 2.28. The quantitative estimate of drug-likeness (QED) is 0.431. The van der Waals surface area contributed by atoms with E-state index >= 15 is 0 Å². The standard InChI is InChI=1S/C17H12Cl2N4.C2HF3O2/c18-15-2-1-3-16(19)14(15)10-23-9-11(8-22-23)12-4-6-20-17-13(12)5-7-21-17;3-2(4,5)1(6)7/h1-9H,10H2,(H,20,21);(H,6,7). The summed E-state index contributed by atoms with van der Waals surface area (Å²) in [5.41, 5.74) is 3.85. The SMILES string of the molecule is Clc1cccc(Cl)c1Cn1cc(-c2ccnc3[nH]ccc23)cn1.O=C(O)C(F)(F)F. The Kier molecular flexibility index (Phi) is 6.33. The highest BCUT2D eigenvalue weighted by Gasteiger charge is 2.38. The third-order valence-electron chi connectivity index (χ3n) is 4.03. The number of nitrogens with zero attached hydrogens (tertiary/aromatic N) is 3. The second-order valence-electron chi connectivity index (χ2n) is 6.03. The van der Waals surface area contributed by atoms with Gasteiger partial charge in [-0.25, -0.2) is 9.78 Å². The summed E-state index contributed by atoms with van der Waals surface area (Å²) >= 11 is 12.5. The van der Waals surface area contributed by atoms with Crippen LogP contribution in [0.1, 0.15) is 5.56 Å². The number of fused-ring (bicyclic) bond motifs is 1. The van der Waals surface area contributed by atoms with Gasteiger partial charge < -0.3 is 10.1 Å². The molecule has 0 aliphatic carbocycles. The molecular formula is C19H13Cl2F3N4O2. The number of carboxylic acids is 1. The van der Waals surface area contributed by atoms with Crippen LogP contribution < -0.4 is 0 Å². The number of carboxylic acid groups (broad SMARTS) is 1. The summed E-state index contributed by atoms with van der Waals surface area (Å²) in [7, 11) is 0. The Morgan fingerprint density at radius 2 is 1.83 bits per heavy atom. The monoisotopic (exact) mass is 456 g/mol. The summed E-state index contributed by atoms with van der Waals surface area (Å²) in [6, 6.07) is 9.50. The fraction of sp³-hybridized carbons (Fsp3) is 0.105. The third kappa shape index (κ3) is 4.92. The topological polar surface area (TPSA) is 83.8 Å². The maximum absolute atomic E-state index is 10.6. The van der Waals surface area contributed by atoms with E-state index in [9.17, 15) is 13.2 Å². The molecule has 0 spiro atoms. The summed E-state index contributed by atoms with van der Waals surface area (Å²) in [6.07, 6.45) is 2.42. The third-order valence-corrected chi connectivity index (χ3v) is 4.74. The Labute approximate surface area is 177 Å². The molecule has 0 aliphatic rings. The van der Waals surface area contributed by atoms with Crippen LogP contribution in [0.15, 0.2) is 55.1 Å². The minimum atomic E-state index is -5.08. The molecule has 11 heteroatoms. The number of halogens is 5. The molecule has 0 saturated carbocycles. The van der Waals surface area contributed by atoms with Crippen molar-refractivity contribution in [1.29, 1.82) is 0 Å². The van der Waals surface area contributed by atoms with E-state index in [0.717, 1.165) is 27.7 Å². The van der Waals surface area contributed by atoms with Crippen molar-refractivity contribution in [3.63, 3.8) is 0 Å². The molecule has 0 aliphatic heterocycles. The number of nitrogens with one attached hydrogen (secondary N) is 1. The number of pyridine rings is 1. The average Bonchev–Trinajstić information content (AvgIpc) is 3.33. The van der Waals surface area contributed by atoms with Gasteiger partial charge in [0.05, 0.1) is 12.7 Å². The Balaban J connectivity index is 0.000000318. The summed E-state index contributed by atoms with van der Waals surface area (Å²) < 4.78 is 33.6. The second kappa shape index (κ2) is 8.76. The lowest BCUT2D eigenvalue weighted by molar-refractivity contribution is -0.192. The van der Waals surface area contributed by atoms with Gasteiger partial charge in [0.2, 0.25) is 0 Å². The number of H-pyrrole nitrogens is 1. The van der Waals surface area contributed by atoms with Crippen LogP contribution in [0.2, 0.25) is 10.0 Å². The van der Waals surface area contributed by atoms with Crippen molar-refractivity contribution in [1.82, 2.24) is 19.7 Å². The molecule has 0 saturated heterocycles. The molecule has 2 N–H and O–H groups in total. The molecule has 0 atom stereocenters. The second-order valence-corrected chi connectivity index (χ2v) is 6.84. The molecule has 0 bridgehead atoms. The van der Waals surface area contributed by atoms with Gasteiger partial charge in [0.1, 0.15) is 5.65 Å². The van der Waals surface area contributed by atoms with Crippen molar-refractivity contribution < 1.29 is 23.1 Å². The van der Waals surface area contributed by atoms with E-state index in [1.807, 2.05) is 53.6 Å². The molecule has 30 heavy (non-hydrogen) atoms. The van der Waals surface area contributed by atoms with Gasteiger partial charge in [0, 0.05) is 45.1 Å². The molecular weight excluding hydrogens is 444 g/mol. The van der Waals surface area contributed by atoms with Crippen molar-refractivity contribution >= 4 is 40.2 Å². The number of carbonyl (C=O) groups is 1. The van der Waals surface area contributed by atoms with Crippen LogP contribution in [0.25, 0.3) is 22.2 Å². The van der Waals surface area contributed by atoms with Crippen LogP contribution in [-0.4, -0.2) is 37.0 Å².